The molecule has 0 saturated heterocycles. The first-order chi connectivity index (χ1) is 8.58. The highest BCUT2D eigenvalue weighted by Crippen LogP contribution is 2.24. The van der Waals surface area contributed by atoms with E-state index in [0.717, 1.165) is 9.35 Å². The normalized spacial score (nSPS) is 10.3. The van der Waals surface area contributed by atoms with Gasteiger partial charge in [-0.1, -0.05) is 11.6 Å². The summed E-state index contributed by atoms with van der Waals surface area (Å²) in [6.07, 6.45) is 0. The zero-order valence-corrected chi connectivity index (χ0v) is 12.3. The molecule has 0 unspecified atom stereocenters. The molecule has 0 aliphatic carbocycles. The van der Waals surface area contributed by atoms with Crippen molar-refractivity contribution in [3.05, 3.63) is 49.6 Å². The van der Waals surface area contributed by atoms with Crippen LogP contribution in [0.4, 0.5) is 0 Å². The molecule has 2 rings (SSSR count). The van der Waals surface area contributed by atoms with Crippen molar-refractivity contribution >= 4 is 44.8 Å². The number of carbonyl (C=O) groups is 1. The lowest BCUT2D eigenvalue weighted by Crippen LogP contribution is -2.22. The molecule has 3 nitrogen and oxygen atoms in total. The molecule has 94 valence electrons. The number of benzene rings is 1. The van der Waals surface area contributed by atoms with Gasteiger partial charge in [0.15, 0.2) is 0 Å². The first-order valence-corrected chi connectivity index (χ1v) is 7.11. The highest BCUT2D eigenvalue weighted by Gasteiger charge is 2.11. The summed E-state index contributed by atoms with van der Waals surface area (Å²) < 4.78 is 0.966. The Morgan fingerprint density at radius 3 is 2.83 bits per heavy atom. The minimum atomic E-state index is -0.329. The summed E-state index contributed by atoms with van der Waals surface area (Å²) in [6, 6.07) is 6.33. The van der Waals surface area contributed by atoms with Crippen LogP contribution in [0.5, 0.6) is 5.75 Å². The second kappa shape index (κ2) is 5.73. The third-order valence-corrected chi connectivity index (χ3v) is 4.47. The summed E-state index contributed by atoms with van der Waals surface area (Å²) in [4.78, 5) is 12.9. The van der Waals surface area contributed by atoms with Crippen molar-refractivity contribution in [3.8, 4) is 5.75 Å². The Morgan fingerprint density at radius 2 is 2.22 bits per heavy atom. The number of halogens is 2. The fourth-order valence-corrected chi connectivity index (χ4v) is 3.00. The minimum Gasteiger partial charge on any atom is -0.507 e. The average Bonchev–Trinajstić information content (AvgIpc) is 2.72. The lowest BCUT2D eigenvalue weighted by atomic mass is 10.2. The van der Waals surface area contributed by atoms with E-state index >= 15 is 0 Å². The van der Waals surface area contributed by atoms with Crippen LogP contribution in [0.2, 0.25) is 5.02 Å². The van der Waals surface area contributed by atoms with Crippen LogP contribution in [0.25, 0.3) is 0 Å². The number of hydrogen-bond donors (Lipinski definition) is 2. The molecule has 1 aromatic heterocycles. The summed E-state index contributed by atoms with van der Waals surface area (Å²) in [5, 5.41) is 14.7. The maximum Gasteiger partial charge on any atom is 0.255 e. The Labute approximate surface area is 122 Å². The number of aromatic hydroxyl groups is 1. The predicted molar refractivity (Wildman–Crippen MR) is 76.3 cm³/mol. The third-order valence-electron chi connectivity index (χ3n) is 2.30. The Morgan fingerprint density at radius 1 is 1.44 bits per heavy atom. The van der Waals surface area contributed by atoms with Crippen LogP contribution in [0.15, 0.2) is 34.1 Å². The van der Waals surface area contributed by atoms with Crippen molar-refractivity contribution in [2.75, 3.05) is 0 Å². The summed E-state index contributed by atoms with van der Waals surface area (Å²) in [6.45, 7) is 0.416. The van der Waals surface area contributed by atoms with Crippen LogP contribution in [0.1, 0.15) is 15.2 Å². The minimum absolute atomic E-state index is 0.120. The Kier molecular flexibility index (Phi) is 4.27. The number of nitrogens with one attached hydrogen (secondary N) is 1. The second-order valence-corrected chi connectivity index (χ2v) is 5.83. The molecular weight excluding hydrogens is 338 g/mol. The Balaban J connectivity index is 2.06. The monoisotopic (exact) mass is 345 g/mol. The summed E-state index contributed by atoms with van der Waals surface area (Å²) in [5.74, 6) is -0.449. The smallest absolute Gasteiger partial charge is 0.255 e. The fraction of sp³-hybridized carbons (Fsp3) is 0.0833. The molecule has 0 saturated carbocycles. The number of phenolic OH excluding ortho intramolecular Hbond substituents is 1. The van der Waals surface area contributed by atoms with Gasteiger partial charge in [0.2, 0.25) is 0 Å². The van der Waals surface area contributed by atoms with Gasteiger partial charge in [0, 0.05) is 14.4 Å². The van der Waals surface area contributed by atoms with E-state index in [1.54, 1.807) is 17.4 Å². The van der Waals surface area contributed by atoms with Gasteiger partial charge < -0.3 is 10.4 Å². The fourth-order valence-electron chi connectivity index (χ4n) is 1.40. The predicted octanol–water partition coefficient (Wildman–Crippen LogP) is 3.80. The van der Waals surface area contributed by atoms with E-state index in [1.165, 1.54) is 12.1 Å². The van der Waals surface area contributed by atoms with Gasteiger partial charge in [-0.05, 0) is 45.6 Å². The summed E-state index contributed by atoms with van der Waals surface area (Å²) >= 11 is 10.6. The first-order valence-electron chi connectivity index (χ1n) is 5.06. The van der Waals surface area contributed by atoms with Crippen molar-refractivity contribution in [2.45, 2.75) is 6.54 Å². The first kappa shape index (κ1) is 13.4. The maximum absolute atomic E-state index is 11.9. The number of carbonyl (C=O) groups excluding carboxylic acids is 1. The molecule has 2 aromatic rings. The van der Waals surface area contributed by atoms with Crippen LogP contribution in [-0.4, -0.2) is 11.0 Å². The SMILES string of the molecule is O=C(NCc1sccc1Br)c1ccc(Cl)cc1O. The maximum atomic E-state index is 11.9. The molecule has 0 spiro atoms. The standard InChI is InChI=1S/C12H9BrClNO2S/c13-9-3-4-18-11(9)6-15-12(17)8-2-1-7(14)5-10(8)16/h1-5,16H,6H2,(H,15,17). The van der Waals surface area contributed by atoms with E-state index in [9.17, 15) is 9.90 Å². The van der Waals surface area contributed by atoms with Crippen LogP contribution < -0.4 is 5.32 Å². The van der Waals surface area contributed by atoms with E-state index < -0.39 is 0 Å². The van der Waals surface area contributed by atoms with Gasteiger partial charge in [0.05, 0.1) is 12.1 Å². The zero-order valence-electron chi connectivity index (χ0n) is 9.11. The number of thiophene rings is 1. The molecule has 2 N–H and O–H groups in total. The van der Waals surface area contributed by atoms with E-state index in [0.29, 0.717) is 11.6 Å². The van der Waals surface area contributed by atoms with Crippen LogP contribution in [0, 0.1) is 0 Å². The largest absolute Gasteiger partial charge is 0.507 e. The van der Waals surface area contributed by atoms with Gasteiger partial charge in [-0.3, -0.25) is 4.79 Å². The van der Waals surface area contributed by atoms with Crippen molar-refractivity contribution < 1.29 is 9.90 Å². The number of amides is 1. The van der Waals surface area contributed by atoms with E-state index in [-0.39, 0.29) is 17.2 Å². The van der Waals surface area contributed by atoms with Gasteiger partial charge in [-0.2, -0.15) is 0 Å². The van der Waals surface area contributed by atoms with Gasteiger partial charge >= 0.3 is 0 Å². The van der Waals surface area contributed by atoms with Gasteiger partial charge in [-0.25, -0.2) is 0 Å². The summed E-state index contributed by atoms with van der Waals surface area (Å²) in [5.41, 5.74) is 0.215. The average molecular weight is 347 g/mol. The van der Waals surface area contributed by atoms with Crippen molar-refractivity contribution in [2.24, 2.45) is 0 Å². The Hall–Kier alpha value is -1.04. The lowest BCUT2D eigenvalue weighted by Gasteiger charge is -2.06. The molecule has 0 radical (unpaired) electrons. The van der Waals surface area contributed by atoms with E-state index in [4.69, 9.17) is 11.6 Å². The lowest BCUT2D eigenvalue weighted by molar-refractivity contribution is 0.0948. The third kappa shape index (κ3) is 3.04. The van der Waals surface area contributed by atoms with Gasteiger partial charge in [0.25, 0.3) is 5.91 Å². The van der Waals surface area contributed by atoms with Crippen LogP contribution in [-0.2, 0) is 6.54 Å². The van der Waals surface area contributed by atoms with Crippen molar-refractivity contribution in [1.82, 2.24) is 5.32 Å². The second-order valence-electron chi connectivity index (χ2n) is 3.54. The van der Waals surface area contributed by atoms with Gasteiger partial charge in [-0.15, -0.1) is 11.3 Å². The van der Waals surface area contributed by atoms with E-state index in [1.807, 2.05) is 11.4 Å². The quantitative estimate of drug-likeness (QED) is 0.888. The topological polar surface area (TPSA) is 49.3 Å². The molecule has 0 aliphatic heterocycles. The number of rotatable bonds is 3. The zero-order chi connectivity index (χ0) is 13.1. The van der Waals surface area contributed by atoms with Crippen molar-refractivity contribution in [3.63, 3.8) is 0 Å². The number of phenols is 1. The molecular formula is C12H9BrClNO2S. The molecule has 0 aliphatic rings. The summed E-state index contributed by atoms with van der Waals surface area (Å²) in [7, 11) is 0. The molecule has 1 aromatic carbocycles. The molecule has 1 amide bonds. The molecule has 0 atom stereocenters. The molecule has 18 heavy (non-hydrogen) atoms. The van der Waals surface area contributed by atoms with Crippen LogP contribution >= 0.6 is 38.9 Å². The van der Waals surface area contributed by atoms with Crippen LogP contribution in [0.3, 0.4) is 0 Å². The molecule has 1 heterocycles. The molecule has 6 heteroatoms. The van der Waals surface area contributed by atoms with E-state index in [2.05, 4.69) is 21.2 Å². The highest BCUT2D eigenvalue weighted by molar-refractivity contribution is 9.10. The Bertz CT molecular complexity index is 585. The van der Waals surface area contributed by atoms with Crippen molar-refractivity contribution in [1.29, 1.82) is 0 Å². The van der Waals surface area contributed by atoms with Gasteiger partial charge in [0.1, 0.15) is 5.75 Å². The molecule has 0 fully saturated rings. The number of hydrogen-bond acceptors (Lipinski definition) is 3. The molecule has 0 bridgehead atoms. The highest BCUT2D eigenvalue weighted by atomic mass is 79.9.